The number of amides is 3. The van der Waals surface area contributed by atoms with Gasteiger partial charge in [0.05, 0.1) is 0 Å². The predicted molar refractivity (Wildman–Crippen MR) is 49.2 cm³/mol. The van der Waals surface area contributed by atoms with Gasteiger partial charge in [-0.3, -0.25) is 9.69 Å². The fourth-order valence-corrected chi connectivity index (χ4v) is 1.41. The lowest BCUT2D eigenvalue weighted by Crippen LogP contribution is -2.36. The number of hydrogen-bond acceptors (Lipinski definition) is 2. The molecule has 4 nitrogen and oxygen atoms in total. The maximum absolute atomic E-state index is 11.6. The molecule has 13 heavy (non-hydrogen) atoms. The van der Waals surface area contributed by atoms with E-state index in [0.29, 0.717) is 6.54 Å². The maximum Gasteiger partial charge on any atom is 0.327 e. The molecule has 1 heterocycles. The normalized spacial score (nSPS) is 17.8. The van der Waals surface area contributed by atoms with Gasteiger partial charge in [-0.15, -0.1) is 0 Å². The summed E-state index contributed by atoms with van der Waals surface area (Å²) in [5.74, 6) is -0.0689. The molecule has 0 aromatic heterocycles. The second-order valence-electron chi connectivity index (χ2n) is 3.55. The zero-order valence-corrected chi connectivity index (χ0v) is 8.41. The SMILES string of the molecule is CCCN1C(=O)CN(C(C)C)C1=O. The van der Waals surface area contributed by atoms with Crippen LogP contribution in [0, 0.1) is 0 Å². The van der Waals surface area contributed by atoms with Gasteiger partial charge in [-0.1, -0.05) is 6.92 Å². The van der Waals surface area contributed by atoms with E-state index in [1.165, 1.54) is 4.90 Å². The number of carbonyl (C=O) groups is 2. The average Bonchev–Trinajstić information content (AvgIpc) is 2.32. The Balaban J connectivity index is 2.69. The Morgan fingerprint density at radius 1 is 1.38 bits per heavy atom. The number of rotatable bonds is 3. The lowest BCUT2D eigenvalue weighted by Gasteiger charge is -2.19. The van der Waals surface area contributed by atoms with Gasteiger partial charge in [0.2, 0.25) is 5.91 Å². The van der Waals surface area contributed by atoms with Crippen molar-refractivity contribution in [2.45, 2.75) is 33.2 Å². The highest BCUT2D eigenvalue weighted by Gasteiger charge is 2.36. The summed E-state index contributed by atoms with van der Waals surface area (Å²) >= 11 is 0. The molecule has 1 saturated heterocycles. The minimum Gasteiger partial charge on any atom is -0.313 e. The highest BCUT2D eigenvalue weighted by atomic mass is 16.2. The summed E-state index contributed by atoms with van der Waals surface area (Å²) < 4.78 is 0. The molecular formula is C9H16N2O2. The van der Waals surface area contributed by atoms with Crippen molar-refractivity contribution < 1.29 is 9.59 Å². The van der Waals surface area contributed by atoms with E-state index in [2.05, 4.69) is 0 Å². The third-order valence-electron chi connectivity index (χ3n) is 2.15. The second kappa shape index (κ2) is 3.77. The number of urea groups is 1. The molecule has 4 heteroatoms. The quantitative estimate of drug-likeness (QED) is 0.615. The molecule has 1 aliphatic heterocycles. The van der Waals surface area contributed by atoms with Gasteiger partial charge < -0.3 is 4.90 Å². The van der Waals surface area contributed by atoms with E-state index in [1.54, 1.807) is 4.90 Å². The molecule has 0 saturated carbocycles. The molecule has 0 atom stereocenters. The molecule has 3 amide bonds. The van der Waals surface area contributed by atoms with Gasteiger partial charge in [0, 0.05) is 12.6 Å². The highest BCUT2D eigenvalue weighted by Crippen LogP contribution is 2.13. The van der Waals surface area contributed by atoms with Crippen molar-refractivity contribution in [3.05, 3.63) is 0 Å². The smallest absolute Gasteiger partial charge is 0.313 e. The molecule has 0 aromatic carbocycles. The topological polar surface area (TPSA) is 40.6 Å². The van der Waals surface area contributed by atoms with E-state index in [0.717, 1.165) is 6.42 Å². The number of carbonyl (C=O) groups excluding carboxylic acids is 2. The van der Waals surface area contributed by atoms with Gasteiger partial charge in [0.25, 0.3) is 0 Å². The van der Waals surface area contributed by atoms with Crippen LogP contribution in [0.3, 0.4) is 0 Å². The third kappa shape index (κ3) is 1.82. The van der Waals surface area contributed by atoms with Crippen molar-refractivity contribution in [3.8, 4) is 0 Å². The molecule has 0 aromatic rings. The lowest BCUT2D eigenvalue weighted by atomic mass is 10.3. The minimum atomic E-state index is -0.137. The van der Waals surface area contributed by atoms with Crippen LogP contribution in [-0.4, -0.2) is 40.9 Å². The van der Waals surface area contributed by atoms with Gasteiger partial charge in [-0.2, -0.15) is 0 Å². The Hall–Kier alpha value is -1.06. The minimum absolute atomic E-state index is 0.0689. The van der Waals surface area contributed by atoms with Gasteiger partial charge in [-0.25, -0.2) is 4.79 Å². The summed E-state index contributed by atoms with van der Waals surface area (Å²) in [6.07, 6.45) is 0.823. The zero-order chi connectivity index (χ0) is 10.0. The van der Waals surface area contributed by atoms with Crippen LogP contribution in [0.2, 0.25) is 0 Å². The first-order chi connectivity index (χ1) is 6.07. The summed E-state index contributed by atoms with van der Waals surface area (Å²) in [4.78, 5) is 25.9. The summed E-state index contributed by atoms with van der Waals surface area (Å²) in [6.45, 7) is 6.58. The Morgan fingerprint density at radius 3 is 2.38 bits per heavy atom. The molecule has 0 radical (unpaired) electrons. The van der Waals surface area contributed by atoms with Gasteiger partial charge in [0.15, 0.2) is 0 Å². The first-order valence-electron chi connectivity index (χ1n) is 4.69. The van der Waals surface area contributed by atoms with Crippen LogP contribution in [0.25, 0.3) is 0 Å². The molecule has 0 spiro atoms. The Labute approximate surface area is 78.5 Å². The van der Waals surface area contributed by atoms with Gasteiger partial charge in [-0.05, 0) is 20.3 Å². The molecule has 0 N–H and O–H groups in total. The molecule has 1 aliphatic rings. The maximum atomic E-state index is 11.6. The highest BCUT2D eigenvalue weighted by molar-refractivity contribution is 6.02. The van der Waals surface area contributed by atoms with E-state index >= 15 is 0 Å². The van der Waals surface area contributed by atoms with Gasteiger partial charge in [0.1, 0.15) is 6.54 Å². The summed E-state index contributed by atoms with van der Waals surface area (Å²) in [5, 5.41) is 0. The van der Waals surface area contributed by atoms with Crippen LogP contribution < -0.4 is 0 Å². The molecule has 1 fully saturated rings. The Bertz CT molecular complexity index is 226. The van der Waals surface area contributed by atoms with Crippen LogP contribution >= 0.6 is 0 Å². The number of imide groups is 1. The molecular weight excluding hydrogens is 168 g/mol. The van der Waals surface area contributed by atoms with Crippen molar-refractivity contribution in [2.24, 2.45) is 0 Å². The zero-order valence-electron chi connectivity index (χ0n) is 8.41. The molecule has 0 aliphatic carbocycles. The first-order valence-corrected chi connectivity index (χ1v) is 4.69. The molecule has 74 valence electrons. The summed E-state index contributed by atoms with van der Waals surface area (Å²) in [5.41, 5.74) is 0. The van der Waals surface area contributed by atoms with Crippen LogP contribution in [0.1, 0.15) is 27.2 Å². The van der Waals surface area contributed by atoms with Crippen molar-refractivity contribution in [1.29, 1.82) is 0 Å². The van der Waals surface area contributed by atoms with Crippen molar-refractivity contribution in [1.82, 2.24) is 9.80 Å². The average molecular weight is 184 g/mol. The van der Waals surface area contributed by atoms with E-state index in [-0.39, 0.29) is 24.5 Å². The largest absolute Gasteiger partial charge is 0.327 e. The fourth-order valence-electron chi connectivity index (χ4n) is 1.41. The second-order valence-corrected chi connectivity index (χ2v) is 3.55. The van der Waals surface area contributed by atoms with Crippen molar-refractivity contribution >= 4 is 11.9 Å². The Kier molecular flexibility index (Phi) is 2.90. The monoisotopic (exact) mass is 184 g/mol. The Morgan fingerprint density at radius 2 is 2.00 bits per heavy atom. The van der Waals surface area contributed by atoms with Crippen LogP contribution in [0.15, 0.2) is 0 Å². The van der Waals surface area contributed by atoms with Crippen molar-refractivity contribution in [3.63, 3.8) is 0 Å². The van der Waals surface area contributed by atoms with E-state index in [4.69, 9.17) is 0 Å². The van der Waals surface area contributed by atoms with E-state index in [9.17, 15) is 9.59 Å². The number of nitrogens with zero attached hydrogens (tertiary/aromatic N) is 2. The van der Waals surface area contributed by atoms with Crippen LogP contribution in [-0.2, 0) is 4.79 Å². The molecule has 1 rings (SSSR count). The van der Waals surface area contributed by atoms with Crippen LogP contribution in [0.5, 0.6) is 0 Å². The van der Waals surface area contributed by atoms with Crippen molar-refractivity contribution in [2.75, 3.05) is 13.1 Å². The lowest BCUT2D eigenvalue weighted by molar-refractivity contribution is -0.125. The molecule has 0 bridgehead atoms. The standard InChI is InChI=1S/C9H16N2O2/c1-4-5-10-8(12)6-11(7(2)3)9(10)13/h7H,4-6H2,1-3H3. The van der Waals surface area contributed by atoms with E-state index < -0.39 is 0 Å². The predicted octanol–water partition coefficient (Wildman–Crippen LogP) is 1.07. The fraction of sp³-hybridized carbons (Fsp3) is 0.778. The third-order valence-corrected chi connectivity index (χ3v) is 2.15. The summed E-state index contributed by atoms with van der Waals surface area (Å²) in [6, 6.07) is -0.0276. The molecule has 0 unspecified atom stereocenters. The first kappa shape index (κ1) is 10.0. The van der Waals surface area contributed by atoms with Crippen LogP contribution in [0.4, 0.5) is 4.79 Å². The van der Waals surface area contributed by atoms with E-state index in [1.807, 2.05) is 20.8 Å². The number of hydrogen-bond donors (Lipinski definition) is 0. The summed E-state index contributed by atoms with van der Waals surface area (Å²) in [7, 11) is 0. The van der Waals surface area contributed by atoms with Gasteiger partial charge >= 0.3 is 6.03 Å².